The van der Waals surface area contributed by atoms with Gasteiger partial charge in [-0.15, -0.1) is 5.10 Å². The molecule has 33 heavy (non-hydrogen) atoms. The third-order valence-corrected chi connectivity index (χ3v) is 4.50. The second-order valence-electron chi connectivity index (χ2n) is 6.60. The van der Waals surface area contributed by atoms with E-state index < -0.39 is 5.91 Å². The number of anilines is 1. The highest BCUT2D eigenvalue weighted by molar-refractivity contribution is 5.99. The van der Waals surface area contributed by atoms with Crippen LogP contribution in [0.3, 0.4) is 0 Å². The van der Waals surface area contributed by atoms with Crippen LogP contribution in [0, 0.1) is 0 Å². The molecule has 4 rings (SSSR count). The molecule has 0 aliphatic rings. The molecule has 0 saturated heterocycles. The van der Waals surface area contributed by atoms with Crippen LogP contribution in [-0.4, -0.2) is 51.1 Å². The number of nitrogen functional groups attached to an aromatic ring is 1. The van der Waals surface area contributed by atoms with E-state index >= 15 is 0 Å². The van der Waals surface area contributed by atoms with Gasteiger partial charge in [0.25, 0.3) is 5.91 Å². The van der Waals surface area contributed by atoms with Crippen molar-refractivity contribution < 1.29 is 18.9 Å². The van der Waals surface area contributed by atoms with Gasteiger partial charge in [0.05, 0.1) is 19.9 Å². The Morgan fingerprint density at radius 2 is 2.03 bits per heavy atom. The van der Waals surface area contributed by atoms with Gasteiger partial charge < -0.3 is 15.2 Å². The molecule has 0 unspecified atom stereocenters. The minimum absolute atomic E-state index is 0.00510. The van der Waals surface area contributed by atoms with Crippen molar-refractivity contribution in [3.8, 4) is 28.6 Å². The van der Waals surface area contributed by atoms with Crippen molar-refractivity contribution >= 4 is 17.9 Å². The molecular formula is C21H20N8O4. The lowest BCUT2D eigenvalue weighted by Crippen LogP contribution is -2.19. The lowest BCUT2D eigenvalue weighted by Gasteiger charge is -2.07. The number of methoxy groups -OCH3 is 1. The fraction of sp³-hybridized carbons (Fsp3) is 0.143. The predicted octanol–water partition coefficient (Wildman–Crippen LogP) is 2.07. The molecule has 3 N–H and O–H groups in total. The van der Waals surface area contributed by atoms with Crippen molar-refractivity contribution in [2.24, 2.45) is 5.10 Å². The number of hydrogen-bond donors (Lipinski definition) is 2. The number of hydrogen-bond acceptors (Lipinski definition) is 10. The van der Waals surface area contributed by atoms with Crippen molar-refractivity contribution in [3.05, 3.63) is 59.8 Å². The van der Waals surface area contributed by atoms with Crippen LogP contribution in [0.15, 0.2) is 58.3 Å². The van der Waals surface area contributed by atoms with E-state index in [4.69, 9.17) is 15.2 Å². The summed E-state index contributed by atoms with van der Waals surface area (Å²) in [6.45, 7) is 2.49. The predicted molar refractivity (Wildman–Crippen MR) is 118 cm³/mol. The zero-order chi connectivity index (χ0) is 23.2. The Hall–Kier alpha value is -4.74. The summed E-state index contributed by atoms with van der Waals surface area (Å²) in [5, 5.41) is 19.4. The van der Waals surface area contributed by atoms with E-state index in [0.29, 0.717) is 23.6 Å². The summed E-state index contributed by atoms with van der Waals surface area (Å²) < 4.78 is 16.6. The monoisotopic (exact) mass is 448 g/mol. The number of ether oxygens (including phenoxy) is 2. The highest BCUT2D eigenvalue weighted by Gasteiger charge is 2.25. The quantitative estimate of drug-likeness (QED) is 0.304. The second-order valence-corrected chi connectivity index (χ2v) is 6.60. The molecule has 2 heterocycles. The first-order valence-electron chi connectivity index (χ1n) is 9.85. The molecule has 0 radical (unpaired) electrons. The van der Waals surface area contributed by atoms with Crippen LogP contribution in [-0.2, 0) is 0 Å². The van der Waals surface area contributed by atoms with E-state index in [2.05, 4.69) is 35.8 Å². The summed E-state index contributed by atoms with van der Waals surface area (Å²) in [7, 11) is 1.54. The summed E-state index contributed by atoms with van der Waals surface area (Å²) in [4.78, 5) is 12.9. The van der Waals surface area contributed by atoms with Crippen LogP contribution in [0.25, 0.3) is 17.1 Å². The fourth-order valence-electron chi connectivity index (χ4n) is 2.99. The van der Waals surface area contributed by atoms with Crippen LogP contribution < -0.4 is 20.6 Å². The fourth-order valence-corrected chi connectivity index (χ4v) is 2.99. The highest BCUT2D eigenvalue weighted by atomic mass is 16.6. The van der Waals surface area contributed by atoms with Gasteiger partial charge in [-0.25, -0.2) is 10.1 Å². The van der Waals surface area contributed by atoms with Gasteiger partial charge in [0.15, 0.2) is 5.69 Å². The first kappa shape index (κ1) is 21.5. The van der Waals surface area contributed by atoms with E-state index in [-0.39, 0.29) is 17.3 Å². The smallest absolute Gasteiger partial charge is 0.294 e. The lowest BCUT2D eigenvalue weighted by atomic mass is 10.1. The van der Waals surface area contributed by atoms with E-state index in [0.717, 1.165) is 11.3 Å². The Morgan fingerprint density at radius 3 is 2.73 bits per heavy atom. The first-order valence-corrected chi connectivity index (χ1v) is 9.85. The largest absolute Gasteiger partial charge is 0.497 e. The number of hydrazone groups is 1. The molecule has 0 atom stereocenters. The molecule has 4 aromatic rings. The number of amides is 1. The topological polar surface area (TPSA) is 156 Å². The summed E-state index contributed by atoms with van der Waals surface area (Å²) >= 11 is 0. The average Bonchev–Trinajstić information content (AvgIpc) is 3.46. The van der Waals surface area contributed by atoms with Crippen LogP contribution in [0.5, 0.6) is 11.5 Å². The third-order valence-electron chi connectivity index (χ3n) is 4.50. The summed E-state index contributed by atoms with van der Waals surface area (Å²) in [5.41, 5.74) is 9.95. The molecule has 2 aromatic heterocycles. The standard InChI is InChI=1S/C21H20N8O4/c1-3-32-15-9-7-13(8-10-15)12-23-25-21(30)17-18(14-5-4-6-16(11-14)31-2)29(28-24-17)20-19(22)26-33-27-20/h4-12H,3H2,1-2H3,(H2,22,26)(H,25,30). The number of nitrogens with two attached hydrogens (primary N) is 1. The highest BCUT2D eigenvalue weighted by Crippen LogP contribution is 2.28. The van der Waals surface area contributed by atoms with Gasteiger partial charge >= 0.3 is 0 Å². The van der Waals surface area contributed by atoms with Crippen LogP contribution in [0.2, 0.25) is 0 Å². The second kappa shape index (κ2) is 9.60. The normalized spacial score (nSPS) is 11.0. The van der Waals surface area contributed by atoms with E-state index in [1.165, 1.54) is 18.0 Å². The van der Waals surface area contributed by atoms with E-state index in [9.17, 15) is 4.79 Å². The molecule has 0 spiro atoms. The van der Waals surface area contributed by atoms with E-state index in [1.54, 1.807) is 24.3 Å². The lowest BCUT2D eigenvalue weighted by molar-refractivity contribution is 0.0950. The Kier molecular flexibility index (Phi) is 6.25. The first-order chi connectivity index (χ1) is 16.1. The number of nitrogens with zero attached hydrogens (tertiary/aromatic N) is 6. The number of rotatable bonds is 8. The molecule has 0 aliphatic carbocycles. The van der Waals surface area contributed by atoms with E-state index in [1.807, 2.05) is 31.2 Å². The van der Waals surface area contributed by atoms with Crippen LogP contribution in [0.4, 0.5) is 5.82 Å². The number of nitrogens with one attached hydrogen (secondary N) is 1. The zero-order valence-electron chi connectivity index (χ0n) is 17.8. The molecule has 12 nitrogen and oxygen atoms in total. The van der Waals surface area contributed by atoms with Gasteiger partial charge in [0.2, 0.25) is 11.6 Å². The molecule has 0 fully saturated rings. The average molecular weight is 448 g/mol. The van der Waals surface area contributed by atoms with Crippen molar-refractivity contribution in [1.29, 1.82) is 0 Å². The Morgan fingerprint density at radius 1 is 1.21 bits per heavy atom. The van der Waals surface area contributed by atoms with Crippen molar-refractivity contribution in [3.63, 3.8) is 0 Å². The molecular weight excluding hydrogens is 428 g/mol. The van der Waals surface area contributed by atoms with Crippen LogP contribution >= 0.6 is 0 Å². The molecule has 0 bridgehead atoms. The van der Waals surface area contributed by atoms with Crippen molar-refractivity contribution in [2.75, 3.05) is 19.5 Å². The van der Waals surface area contributed by atoms with Gasteiger partial charge in [0.1, 0.15) is 17.2 Å². The number of carbonyl (C=O) groups excluding carboxylic acids is 1. The number of carbonyl (C=O) groups is 1. The molecule has 12 heteroatoms. The number of aromatic nitrogens is 5. The van der Waals surface area contributed by atoms with Crippen LogP contribution in [0.1, 0.15) is 23.0 Å². The van der Waals surface area contributed by atoms with Gasteiger partial charge in [-0.1, -0.05) is 17.3 Å². The maximum Gasteiger partial charge on any atom is 0.294 e. The van der Waals surface area contributed by atoms with Crippen molar-refractivity contribution in [1.82, 2.24) is 30.7 Å². The zero-order valence-corrected chi connectivity index (χ0v) is 17.8. The molecule has 0 saturated carbocycles. The Bertz CT molecular complexity index is 1280. The maximum atomic E-state index is 12.9. The Balaban J connectivity index is 1.63. The number of benzene rings is 2. The molecule has 1 amide bonds. The SMILES string of the molecule is CCOc1ccc(C=NNC(=O)c2nnn(-c3nonc3N)c2-c2cccc(OC)c2)cc1. The summed E-state index contributed by atoms with van der Waals surface area (Å²) in [5.74, 6) is 0.823. The minimum Gasteiger partial charge on any atom is -0.497 e. The van der Waals surface area contributed by atoms with Crippen molar-refractivity contribution in [2.45, 2.75) is 6.92 Å². The molecule has 0 aliphatic heterocycles. The van der Waals surface area contributed by atoms with Gasteiger partial charge in [-0.05, 0) is 59.2 Å². The molecule has 168 valence electrons. The maximum absolute atomic E-state index is 12.9. The third kappa shape index (κ3) is 4.63. The van der Waals surface area contributed by atoms with Gasteiger partial charge in [-0.3, -0.25) is 4.79 Å². The summed E-state index contributed by atoms with van der Waals surface area (Å²) in [6, 6.07) is 14.3. The van der Waals surface area contributed by atoms with Gasteiger partial charge in [-0.2, -0.15) is 9.78 Å². The van der Waals surface area contributed by atoms with Gasteiger partial charge in [0, 0.05) is 5.56 Å². The minimum atomic E-state index is -0.587. The Labute approximate surface area is 188 Å². The molecule has 2 aromatic carbocycles. The summed E-state index contributed by atoms with van der Waals surface area (Å²) in [6.07, 6.45) is 1.50.